The quantitative estimate of drug-likeness (QED) is 0.128. The summed E-state index contributed by atoms with van der Waals surface area (Å²) in [6.45, 7) is 9.43. The molecular weight excluding hydrogens is 1710 g/mol. The molecule has 0 saturated heterocycles. The van der Waals surface area contributed by atoms with Gasteiger partial charge in [0, 0.05) is 104 Å². The SMILES string of the molecule is CC1(C)c2ccccc2-c2ccc(-c3ccc4sc5ccc(-c6ccc7c(c6)C(C)(C)c6ccccc6-7)cc5c4c3)cc21.c1ccc(-c2cccc3c2sc2c(-c4ccc5c6ccccc6c6ccccc6c5c4)cccc23)cc1.c1ccc(-n2c3ccccc3c3cc(-c4cccc(-c5cccc6c5sc5c(-c7cccc(-n8c9ccccc9c9ccccc98)c7)cccc56)c4)ccc32)cc1. The molecule has 2 aliphatic carbocycles. The number of hydrogen-bond donors (Lipinski definition) is 0. The summed E-state index contributed by atoms with van der Waals surface area (Å²) in [5.74, 6) is 0. The highest BCUT2D eigenvalue weighted by Gasteiger charge is 2.37. The number of nitrogens with zero attached hydrogens (tertiary/aromatic N) is 2. The van der Waals surface area contributed by atoms with E-state index in [-0.39, 0.29) is 10.8 Å². The normalized spacial score (nSPS) is 12.9. The van der Waals surface area contributed by atoms with Crippen molar-refractivity contribution in [3.05, 3.63) is 483 Å². The molecule has 0 fully saturated rings. The molecule has 5 heterocycles. The summed E-state index contributed by atoms with van der Waals surface area (Å²) in [5.41, 5.74) is 36.1. The second kappa shape index (κ2) is 31.8. The summed E-state index contributed by atoms with van der Waals surface area (Å²) >= 11 is 5.72. The molecule has 5 heteroatoms. The van der Waals surface area contributed by atoms with Gasteiger partial charge in [0.05, 0.1) is 22.1 Å². The van der Waals surface area contributed by atoms with E-state index in [4.69, 9.17) is 0 Å². The first-order chi connectivity index (χ1) is 67.4. The first-order valence-electron chi connectivity index (χ1n) is 47.5. The second-order valence-electron chi connectivity index (χ2n) is 38.0. The first-order valence-corrected chi connectivity index (χ1v) is 49.9. The molecule has 5 aromatic heterocycles. The van der Waals surface area contributed by atoms with Gasteiger partial charge in [-0.3, -0.25) is 0 Å². The van der Waals surface area contributed by atoms with Crippen molar-refractivity contribution in [2.75, 3.05) is 0 Å². The molecule has 0 N–H and O–H groups in total. The van der Waals surface area contributed by atoms with Crippen LogP contribution >= 0.6 is 34.0 Å². The average molecular weight is 1800 g/mol. The van der Waals surface area contributed by atoms with Gasteiger partial charge in [-0.2, -0.15) is 0 Å². The van der Waals surface area contributed by atoms with Gasteiger partial charge in [-0.25, -0.2) is 0 Å². The predicted octanol–water partition coefficient (Wildman–Crippen LogP) is 38.1. The Labute approximate surface area is 806 Å². The van der Waals surface area contributed by atoms with E-state index in [2.05, 4.69) is 498 Å². The van der Waals surface area contributed by atoms with E-state index in [1.54, 1.807) is 0 Å². The summed E-state index contributed by atoms with van der Waals surface area (Å²) < 4.78 is 12.8. The summed E-state index contributed by atoms with van der Waals surface area (Å²) in [6, 6.07) is 170. The van der Waals surface area contributed by atoms with Gasteiger partial charge in [0.1, 0.15) is 0 Å². The fourth-order valence-corrected chi connectivity index (χ4v) is 26.8. The number of benzene rings is 22. The van der Waals surface area contributed by atoms with Gasteiger partial charge in [-0.1, -0.05) is 386 Å². The third kappa shape index (κ3) is 12.9. The van der Waals surface area contributed by atoms with Gasteiger partial charge in [-0.05, 0) is 258 Å². The van der Waals surface area contributed by atoms with Crippen molar-refractivity contribution in [1.29, 1.82) is 0 Å². The Balaban J connectivity index is 0.000000107. The van der Waals surface area contributed by atoms with Crippen LogP contribution < -0.4 is 0 Å². The second-order valence-corrected chi connectivity index (χ2v) is 41.1. The van der Waals surface area contributed by atoms with Gasteiger partial charge in [-0.15, -0.1) is 34.0 Å². The molecule has 0 radical (unpaired) electrons. The van der Waals surface area contributed by atoms with Gasteiger partial charge in [0.2, 0.25) is 0 Å². The van der Waals surface area contributed by atoms with Crippen LogP contribution in [0, 0.1) is 0 Å². The number of thiophene rings is 3. The number of fused-ring (bicyclic) bond motifs is 27. The van der Waals surface area contributed by atoms with E-state index in [1.165, 1.54) is 270 Å². The predicted molar refractivity (Wildman–Crippen MR) is 592 cm³/mol. The molecule has 0 saturated carbocycles. The molecule has 2 aliphatic rings. The summed E-state index contributed by atoms with van der Waals surface area (Å²) in [7, 11) is 0. The Morgan fingerprint density at radius 3 is 0.949 bits per heavy atom. The summed E-state index contributed by atoms with van der Waals surface area (Å²) in [6.07, 6.45) is 0. The van der Waals surface area contributed by atoms with Crippen LogP contribution in [0.2, 0.25) is 0 Å². The van der Waals surface area contributed by atoms with Crippen LogP contribution in [-0.2, 0) is 10.8 Å². The minimum absolute atomic E-state index is 0.00180. The van der Waals surface area contributed by atoms with Crippen molar-refractivity contribution in [3.8, 4) is 112 Å². The third-order valence-electron chi connectivity index (χ3n) is 29.7. The van der Waals surface area contributed by atoms with Crippen LogP contribution in [0.3, 0.4) is 0 Å². The monoisotopic (exact) mass is 1800 g/mol. The Bertz CT molecular complexity index is 9430. The van der Waals surface area contributed by atoms with E-state index < -0.39 is 0 Å². The molecule has 0 spiro atoms. The minimum atomic E-state index is 0.00180. The van der Waals surface area contributed by atoms with Crippen LogP contribution in [0.1, 0.15) is 49.9 Å². The van der Waals surface area contributed by atoms with Crippen LogP contribution in [0.4, 0.5) is 0 Å². The molecule has 0 aliphatic heterocycles. The van der Waals surface area contributed by atoms with Crippen molar-refractivity contribution in [2.45, 2.75) is 38.5 Å². The summed E-state index contributed by atoms with van der Waals surface area (Å²) in [5, 5.41) is 20.9. The van der Waals surface area contributed by atoms with E-state index in [9.17, 15) is 0 Å². The highest BCUT2D eigenvalue weighted by molar-refractivity contribution is 7.27. The number of rotatable bonds is 9. The van der Waals surface area contributed by atoms with E-state index in [0.29, 0.717) is 0 Å². The molecule has 0 unspecified atom stereocenters. The maximum atomic E-state index is 2.43. The van der Waals surface area contributed by atoms with Crippen LogP contribution in [-0.4, -0.2) is 9.13 Å². The van der Waals surface area contributed by atoms with E-state index >= 15 is 0 Å². The lowest BCUT2D eigenvalue weighted by atomic mass is 9.81. The minimum Gasteiger partial charge on any atom is -0.309 e. The lowest BCUT2D eigenvalue weighted by molar-refractivity contribution is 0.660. The summed E-state index contributed by atoms with van der Waals surface area (Å²) in [4.78, 5) is 0. The maximum Gasteiger partial charge on any atom is 0.0541 e. The maximum absolute atomic E-state index is 2.43. The Hall–Kier alpha value is -16.1. The van der Waals surface area contributed by atoms with Crippen molar-refractivity contribution in [1.82, 2.24) is 9.13 Å². The molecule has 137 heavy (non-hydrogen) atoms. The molecule has 27 aromatic rings. The zero-order valence-electron chi connectivity index (χ0n) is 76.0. The Kier molecular flexibility index (Phi) is 18.7. The molecule has 0 amide bonds. The van der Waals surface area contributed by atoms with Gasteiger partial charge < -0.3 is 9.13 Å². The fraction of sp³-hybridized carbons (Fsp3) is 0.0455. The number of aromatic nitrogens is 2. The smallest absolute Gasteiger partial charge is 0.0541 e. The largest absolute Gasteiger partial charge is 0.309 e. The first kappa shape index (κ1) is 80.5. The van der Waals surface area contributed by atoms with Crippen molar-refractivity contribution >= 4 is 170 Å². The number of hydrogen-bond acceptors (Lipinski definition) is 3. The Morgan fingerprint density at radius 1 is 0.153 bits per heavy atom. The molecule has 644 valence electrons. The van der Waals surface area contributed by atoms with Crippen molar-refractivity contribution in [2.24, 2.45) is 0 Å². The van der Waals surface area contributed by atoms with Crippen LogP contribution in [0.15, 0.2) is 461 Å². The zero-order chi connectivity index (χ0) is 90.9. The Morgan fingerprint density at radius 2 is 0.445 bits per heavy atom. The fourth-order valence-electron chi connectivity index (χ4n) is 23.0. The molecule has 29 rings (SSSR count). The highest BCUT2D eigenvalue weighted by atomic mass is 32.1. The molecule has 0 bridgehead atoms. The van der Waals surface area contributed by atoms with E-state index in [0.717, 1.165) is 0 Å². The lowest BCUT2D eigenvalue weighted by Crippen LogP contribution is -2.14. The van der Waals surface area contributed by atoms with Gasteiger partial charge in [0.25, 0.3) is 0 Å². The average Bonchev–Trinajstić information content (AvgIpc) is 1.73. The van der Waals surface area contributed by atoms with E-state index in [1.807, 2.05) is 34.0 Å². The van der Waals surface area contributed by atoms with Crippen LogP contribution in [0.5, 0.6) is 0 Å². The van der Waals surface area contributed by atoms with Crippen molar-refractivity contribution < 1.29 is 0 Å². The third-order valence-corrected chi connectivity index (χ3v) is 33.4. The molecule has 2 nitrogen and oxygen atoms in total. The molecular formula is C132H88N2S3. The van der Waals surface area contributed by atoms with Gasteiger partial charge in [0.15, 0.2) is 0 Å². The van der Waals surface area contributed by atoms with Gasteiger partial charge >= 0.3 is 0 Å². The zero-order valence-corrected chi connectivity index (χ0v) is 78.4. The standard InChI is InChI=1S/C54H34N2S.C42H32S.C36H22S/c1-2-17-39(18-3-1)55-51-29-9-6-22-45(51)48-34-36(30-31-52(48)55)35-14-10-15-37(32-35)41-23-12-25-46-47-26-13-24-42(54(47)57-53(41)46)38-16-11-19-40(33-38)56-49-27-7-4-20-43(49)44-21-5-8-28-50(44)56;1-41(2)35-11-7-5-9-29(35)31-17-13-27(23-37(31)41)25-15-19-39-33(21-25)34-22-26(16-20-40(34)43-39)28-14-18-32-30-10-6-8-12-36(30)42(3,4)38(32)24-28;1-2-10-23(11-3-1)25-16-8-18-32-33-19-9-17-26(36(33)37-35(25)32)24-20-21-31-29-14-5-4-12-27(29)28-13-6-7-15-30(28)34(31)22-24/h1-34H;5-24H,1-4H3;1-22H. The van der Waals surface area contributed by atoms with Crippen LogP contribution in [0.25, 0.3) is 248 Å². The highest BCUT2D eigenvalue weighted by Crippen LogP contribution is 2.55. The molecule has 0 atom stereocenters. The van der Waals surface area contributed by atoms with Crippen molar-refractivity contribution in [3.63, 3.8) is 0 Å². The lowest BCUT2D eigenvalue weighted by Gasteiger charge is -2.22. The number of para-hydroxylation sites is 4. The molecule has 22 aromatic carbocycles. The topological polar surface area (TPSA) is 9.86 Å².